The number of para-hydroxylation sites is 1. The van der Waals surface area contributed by atoms with E-state index in [0.29, 0.717) is 26.1 Å². The van der Waals surface area contributed by atoms with Crippen LogP contribution in [-0.4, -0.2) is 29.8 Å². The molecule has 1 aromatic rings. The summed E-state index contributed by atoms with van der Waals surface area (Å²) in [6, 6.07) is 7.93. The Bertz CT molecular complexity index is 682. The summed E-state index contributed by atoms with van der Waals surface area (Å²) in [5.74, 6) is 6.47. The van der Waals surface area contributed by atoms with E-state index in [2.05, 4.69) is 11.8 Å². The fraction of sp³-hybridized carbons (Fsp3) is 0.500. The minimum absolute atomic E-state index is 0.0707. The maximum atomic E-state index is 12.8. The van der Waals surface area contributed by atoms with Crippen LogP contribution in [0, 0.1) is 17.8 Å². The van der Waals surface area contributed by atoms with E-state index < -0.39 is 0 Å². The average molecular weight is 324 g/mol. The van der Waals surface area contributed by atoms with E-state index in [-0.39, 0.29) is 17.7 Å². The van der Waals surface area contributed by atoms with E-state index in [1.807, 2.05) is 36.1 Å². The Morgan fingerprint density at radius 3 is 2.75 bits per heavy atom. The molecule has 0 spiro atoms. The summed E-state index contributed by atoms with van der Waals surface area (Å²) in [6.45, 7) is 3.43. The lowest BCUT2D eigenvalue weighted by Crippen LogP contribution is -2.44. The van der Waals surface area contributed by atoms with Gasteiger partial charge >= 0.3 is 0 Å². The summed E-state index contributed by atoms with van der Waals surface area (Å²) >= 11 is 0. The largest absolute Gasteiger partial charge is 0.327 e. The van der Waals surface area contributed by atoms with Gasteiger partial charge in [-0.15, -0.1) is 5.92 Å². The molecule has 0 aromatic heterocycles. The zero-order valence-corrected chi connectivity index (χ0v) is 14.3. The van der Waals surface area contributed by atoms with Crippen LogP contribution in [-0.2, 0) is 16.1 Å². The van der Waals surface area contributed by atoms with Gasteiger partial charge in [0.15, 0.2) is 0 Å². The van der Waals surface area contributed by atoms with Crippen LogP contribution in [0.15, 0.2) is 24.3 Å². The molecule has 24 heavy (non-hydrogen) atoms. The van der Waals surface area contributed by atoms with Gasteiger partial charge < -0.3 is 9.80 Å². The van der Waals surface area contributed by atoms with Gasteiger partial charge in [-0.2, -0.15) is 0 Å². The first kappa shape index (κ1) is 16.6. The molecule has 1 saturated carbocycles. The molecule has 1 aromatic carbocycles. The molecule has 1 heterocycles. The number of rotatable bonds is 2. The summed E-state index contributed by atoms with van der Waals surface area (Å²) in [6.07, 6.45) is 4.24. The van der Waals surface area contributed by atoms with Crippen LogP contribution in [0.5, 0.6) is 0 Å². The molecule has 1 aliphatic heterocycles. The molecule has 0 N–H and O–H groups in total. The topological polar surface area (TPSA) is 40.6 Å². The number of hydrogen-bond acceptors (Lipinski definition) is 2. The lowest BCUT2D eigenvalue weighted by atomic mass is 9.84. The van der Waals surface area contributed by atoms with Gasteiger partial charge in [-0.25, -0.2) is 0 Å². The Morgan fingerprint density at radius 1 is 1.25 bits per heavy atom. The molecular weight excluding hydrogens is 300 g/mol. The Labute approximate surface area is 143 Å². The number of anilines is 1. The average Bonchev–Trinajstić information content (AvgIpc) is 2.52. The van der Waals surface area contributed by atoms with E-state index >= 15 is 0 Å². The molecule has 0 bridgehead atoms. The molecule has 1 aliphatic carbocycles. The predicted octanol–water partition coefficient (Wildman–Crippen LogP) is 2.97. The maximum Gasteiger partial charge on any atom is 0.230 e. The number of carbonyl (C=O) groups excluding carboxylic acids is 2. The van der Waals surface area contributed by atoms with Crippen LogP contribution in [0.25, 0.3) is 0 Å². The van der Waals surface area contributed by atoms with Crippen molar-refractivity contribution in [2.75, 3.05) is 18.0 Å². The number of amides is 2. The highest BCUT2D eigenvalue weighted by Gasteiger charge is 2.32. The summed E-state index contributed by atoms with van der Waals surface area (Å²) in [4.78, 5) is 28.9. The SMILES string of the molecule is CCC#CCN1Cc2ccccc2N(C(=O)C2CCC2)CCC1=O. The lowest BCUT2D eigenvalue weighted by molar-refractivity contribution is -0.131. The van der Waals surface area contributed by atoms with Crippen molar-refractivity contribution in [3.8, 4) is 11.8 Å². The number of carbonyl (C=O) groups is 2. The Hall–Kier alpha value is -2.28. The molecule has 4 nitrogen and oxygen atoms in total. The van der Waals surface area contributed by atoms with E-state index in [0.717, 1.165) is 36.9 Å². The summed E-state index contributed by atoms with van der Waals surface area (Å²) in [5.41, 5.74) is 1.98. The van der Waals surface area contributed by atoms with Gasteiger partial charge in [-0.1, -0.05) is 37.5 Å². The predicted molar refractivity (Wildman–Crippen MR) is 94.2 cm³/mol. The quantitative estimate of drug-likeness (QED) is 0.785. The highest BCUT2D eigenvalue weighted by molar-refractivity contribution is 5.97. The molecule has 4 heteroatoms. The molecule has 3 rings (SSSR count). The van der Waals surface area contributed by atoms with Crippen LogP contribution < -0.4 is 4.90 Å². The Balaban J connectivity index is 1.86. The summed E-state index contributed by atoms with van der Waals surface area (Å²) in [7, 11) is 0. The molecule has 2 aliphatic rings. The van der Waals surface area contributed by atoms with Crippen molar-refractivity contribution in [1.82, 2.24) is 4.90 Å². The molecule has 1 fully saturated rings. The fourth-order valence-electron chi connectivity index (χ4n) is 3.21. The van der Waals surface area contributed by atoms with Crippen molar-refractivity contribution in [3.05, 3.63) is 29.8 Å². The monoisotopic (exact) mass is 324 g/mol. The Morgan fingerprint density at radius 2 is 2.04 bits per heavy atom. The van der Waals surface area contributed by atoms with Crippen molar-refractivity contribution in [2.45, 2.75) is 45.6 Å². The number of nitrogens with zero attached hydrogens (tertiary/aromatic N) is 2. The minimum Gasteiger partial charge on any atom is -0.327 e. The van der Waals surface area contributed by atoms with Gasteiger partial charge in [-0.05, 0) is 24.5 Å². The van der Waals surface area contributed by atoms with Gasteiger partial charge in [0.1, 0.15) is 0 Å². The van der Waals surface area contributed by atoms with Crippen molar-refractivity contribution < 1.29 is 9.59 Å². The van der Waals surface area contributed by atoms with Gasteiger partial charge in [0.05, 0.1) is 6.54 Å². The first-order valence-corrected chi connectivity index (χ1v) is 8.83. The highest BCUT2D eigenvalue weighted by atomic mass is 16.2. The maximum absolute atomic E-state index is 12.8. The van der Waals surface area contributed by atoms with Crippen LogP contribution in [0.3, 0.4) is 0 Å². The van der Waals surface area contributed by atoms with Crippen LogP contribution in [0.2, 0.25) is 0 Å². The second-order valence-corrected chi connectivity index (χ2v) is 6.45. The molecule has 126 valence electrons. The summed E-state index contributed by atoms with van der Waals surface area (Å²) in [5, 5.41) is 0. The van der Waals surface area contributed by atoms with E-state index in [1.165, 1.54) is 0 Å². The zero-order chi connectivity index (χ0) is 16.9. The third-order valence-electron chi connectivity index (χ3n) is 4.84. The van der Waals surface area contributed by atoms with Crippen molar-refractivity contribution >= 4 is 17.5 Å². The van der Waals surface area contributed by atoms with E-state index in [9.17, 15) is 9.59 Å². The second-order valence-electron chi connectivity index (χ2n) is 6.45. The first-order valence-electron chi connectivity index (χ1n) is 8.83. The first-order chi connectivity index (χ1) is 11.7. The lowest BCUT2D eigenvalue weighted by Gasteiger charge is -2.35. The van der Waals surface area contributed by atoms with Crippen molar-refractivity contribution in [2.24, 2.45) is 5.92 Å². The molecule has 0 radical (unpaired) electrons. The normalized spacial score (nSPS) is 18.0. The molecule has 0 atom stereocenters. The van der Waals surface area contributed by atoms with Crippen LogP contribution in [0.4, 0.5) is 5.69 Å². The third kappa shape index (κ3) is 3.46. The van der Waals surface area contributed by atoms with Gasteiger partial charge in [0.2, 0.25) is 11.8 Å². The molecule has 0 saturated heterocycles. The molecule has 2 amide bonds. The van der Waals surface area contributed by atoms with Crippen molar-refractivity contribution in [3.63, 3.8) is 0 Å². The van der Waals surface area contributed by atoms with E-state index in [1.54, 1.807) is 4.90 Å². The zero-order valence-electron chi connectivity index (χ0n) is 14.3. The van der Waals surface area contributed by atoms with Crippen LogP contribution in [0.1, 0.15) is 44.6 Å². The molecular formula is C20H24N2O2. The number of benzene rings is 1. The minimum atomic E-state index is 0.0707. The fourth-order valence-corrected chi connectivity index (χ4v) is 3.21. The standard InChI is InChI=1S/C20H24N2O2/c1-2-3-6-13-21-15-17-8-4-5-11-18(17)22(14-12-19(21)23)20(24)16-9-7-10-16/h4-5,8,11,16H,2,7,9-10,12-15H2,1H3. The van der Waals surface area contributed by atoms with Gasteiger partial charge in [0.25, 0.3) is 0 Å². The highest BCUT2D eigenvalue weighted by Crippen LogP contribution is 2.32. The molecule has 0 unspecified atom stereocenters. The van der Waals surface area contributed by atoms with E-state index in [4.69, 9.17) is 0 Å². The Kier molecular flexibility index (Phi) is 5.20. The van der Waals surface area contributed by atoms with Crippen molar-refractivity contribution in [1.29, 1.82) is 0 Å². The smallest absolute Gasteiger partial charge is 0.230 e. The van der Waals surface area contributed by atoms with Crippen LogP contribution >= 0.6 is 0 Å². The third-order valence-corrected chi connectivity index (χ3v) is 4.84. The number of hydrogen-bond donors (Lipinski definition) is 0. The second kappa shape index (κ2) is 7.53. The van der Waals surface area contributed by atoms with Gasteiger partial charge in [0, 0.05) is 37.5 Å². The van der Waals surface area contributed by atoms with Gasteiger partial charge in [-0.3, -0.25) is 9.59 Å². The summed E-state index contributed by atoms with van der Waals surface area (Å²) < 4.78 is 0. The number of fused-ring (bicyclic) bond motifs is 1.